The number of H-pyrrole nitrogens is 1. The number of aliphatic carboxylic acids is 2. The topological polar surface area (TPSA) is 602 Å². The number of aromatic amines is 1. The number of rotatable bonds is 45. The molecule has 2 aromatic carbocycles. The van der Waals surface area contributed by atoms with E-state index in [0.717, 1.165) is 18.7 Å². The van der Waals surface area contributed by atoms with E-state index >= 15 is 0 Å². The van der Waals surface area contributed by atoms with Crippen molar-refractivity contribution in [3.8, 4) is 5.75 Å². The second kappa shape index (κ2) is 55.9. The number of nitrogens with one attached hydrogen (secondary N) is 8. The molecule has 5 rings (SSSR count). The van der Waals surface area contributed by atoms with E-state index in [1.165, 1.54) is 37.1 Å². The van der Waals surface area contributed by atoms with Crippen molar-refractivity contribution in [3.63, 3.8) is 0 Å². The molecule has 1 aliphatic heterocycles. The number of hydrogen-bond donors (Lipinski definition) is 12. The van der Waals surface area contributed by atoms with Gasteiger partial charge in [-0.3, -0.25) is 57.6 Å². The molecule has 620 valence electrons. The molecule has 2 aromatic heterocycles. The van der Waals surface area contributed by atoms with Gasteiger partial charge in [0, 0.05) is 142 Å². The number of pyridine rings is 1. The fourth-order valence-corrected chi connectivity index (χ4v) is 13.6. The van der Waals surface area contributed by atoms with E-state index in [1.54, 1.807) is 42.2 Å². The van der Waals surface area contributed by atoms with Crippen molar-refractivity contribution >= 4 is 97.5 Å². The Balaban J connectivity index is 0.0000128. The second-order valence-corrected chi connectivity index (χ2v) is 28.5. The summed E-state index contributed by atoms with van der Waals surface area (Å²) >= 11 is 0. The normalized spacial score (nSPS) is 13.6. The standard InChI is InChI=1S/C64H103N15O19P2S.2CO2.3H2O/c1-46-35-49(36-47(2)60(46)101(93,94)73-53(63(88)89)39-70-61(86)51-40-76(5)54-37-48(13-14-50(54)59(51)85)38-71-64-68-18-19-69-64)98-30-8-12-55(80)65-16-9-28-95-31-33-97-34-32-96-29-10-17-67-62(87)52(11-6-7-15-66-56(81)41-79(44-99)45-100(90,91)92)72-57(82)42-77-24-22-74(3)20-21-75(4)23-25-78(27-26-77)43-58(83)84;2*2-1-3;;;/h13-14,18-19,35-37,40,52-53,73H,6-12,15-17,20-34,38-39,41-45,99H2,1-5H3,(H,65,80)(H,66,81)(H,67,87)(H,70,86)(H,72,82)(H,83,84)(H,88,89)(H2,68,69,71)(H2,90,91,92);;;3*1H2/t52-,53?;;;;;/m1...../s1. The van der Waals surface area contributed by atoms with Crippen LogP contribution in [0.1, 0.15) is 72.0 Å². The summed E-state index contributed by atoms with van der Waals surface area (Å²) in [6.07, 6.45) is 7.44. The molecule has 41 nitrogen and oxygen atoms in total. The van der Waals surface area contributed by atoms with Crippen molar-refractivity contribution in [1.82, 2.24) is 70.3 Å². The summed E-state index contributed by atoms with van der Waals surface area (Å²) < 4.78 is 65.3. The molecule has 5 amide bonds. The lowest BCUT2D eigenvalue weighted by atomic mass is 10.1. The van der Waals surface area contributed by atoms with Crippen molar-refractivity contribution in [2.75, 3.05) is 176 Å². The van der Waals surface area contributed by atoms with E-state index in [-0.39, 0.29) is 132 Å². The Morgan fingerprint density at radius 1 is 0.700 bits per heavy atom. The SMILES string of the molecule is Cc1cc(OCCCC(=O)NCCCOCCOCCOCCCNC(=O)[C@@H](CCCCNC(=O)CN(CP)CP(=O)(O)O)NC(=O)CN2CCN(C)CCN(C)CCN(CC(=O)O)CC2)cc(C)c1S(=O)(=O)NC(CNC(=O)c1cn(C)c2cc(CNc3ncc[nH]3)ccc2c1=O)C(=O)O.O.O.O.O=C=O.O=C=O. The highest BCUT2D eigenvalue weighted by atomic mass is 32.2. The monoisotopic (exact) mass is 1620 g/mol. The molecule has 0 bridgehead atoms. The van der Waals surface area contributed by atoms with Crippen molar-refractivity contribution < 1.29 is 121 Å². The number of likely N-dealkylation sites (N-methyl/N-ethyl adjacent to an activating group) is 2. The zero-order valence-electron chi connectivity index (χ0n) is 62.5. The van der Waals surface area contributed by atoms with Crippen LogP contribution in [0.5, 0.6) is 5.75 Å². The van der Waals surface area contributed by atoms with Crippen LogP contribution in [0.3, 0.4) is 0 Å². The lowest BCUT2D eigenvalue weighted by Crippen LogP contribution is -2.51. The average molecular weight is 1620 g/mol. The molecule has 110 heavy (non-hydrogen) atoms. The first-order chi connectivity index (χ1) is 50.9. The van der Waals surface area contributed by atoms with Gasteiger partial charge in [0.2, 0.25) is 39.1 Å². The van der Waals surface area contributed by atoms with Crippen molar-refractivity contribution in [2.24, 2.45) is 7.05 Å². The number of sulfonamides is 1. The number of carboxylic acid groups (broad SMARTS) is 2. The van der Waals surface area contributed by atoms with Gasteiger partial charge in [-0.15, -0.1) is 9.24 Å². The summed E-state index contributed by atoms with van der Waals surface area (Å²) in [5.74, 6) is -3.85. The molecule has 0 saturated carbocycles. The van der Waals surface area contributed by atoms with Gasteiger partial charge in [0.05, 0.1) is 63.1 Å². The number of benzene rings is 2. The van der Waals surface area contributed by atoms with Gasteiger partial charge in [0.15, 0.2) is 5.95 Å². The molecule has 2 unspecified atom stereocenters. The van der Waals surface area contributed by atoms with Crippen LogP contribution in [0.25, 0.3) is 10.9 Å². The Morgan fingerprint density at radius 2 is 1.25 bits per heavy atom. The molecule has 1 aliphatic rings. The number of imidazole rings is 1. The number of unbranched alkanes of at least 4 members (excludes halogenated alkanes) is 1. The number of carbonyl (C=O) groups excluding carboxylic acids is 9. The summed E-state index contributed by atoms with van der Waals surface area (Å²) in [6.45, 7) is 10.3. The molecule has 4 aromatic rings. The maximum Gasteiger partial charge on any atom is 0.373 e. The molecular formula is C66H109N15O26P2S. The van der Waals surface area contributed by atoms with Gasteiger partial charge in [-0.2, -0.15) is 23.9 Å². The molecule has 3 atom stereocenters. The molecule has 3 heterocycles. The van der Waals surface area contributed by atoms with Crippen molar-refractivity contribution in [3.05, 3.63) is 81.4 Å². The largest absolute Gasteiger partial charge is 0.494 e. The number of anilines is 1. The van der Waals surface area contributed by atoms with Crippen LogP contribution >= 0.6 is 16.8 Å². The van der Waals surface area contributed by atoms with Gasteiger partial charge >= 0.3 is 31.8 Å². The van der Waals surface area contributed by atoms with Gasteiger partial charge in [-0.1, -0.05) is 6.07 Å². The minimum absolute atomic E-state index is 0. The van der Waals surface area contributed by atoms with E-state index in [2.05, 4.69) is 65.6 Å². The van der Waals surface area contributed by atoms with Crippen LogP contribution in [0, 0.1) is 13.8 Å². The summed E-state index contributed by atoms with van der Waals surface area (Å²) in [5, 5.41) is 36.7. The van der Waals surface area contributed by atoms with Crippen molar-refractivity contribution in [1.29, 1.82) is 0 Å². The molecule has 44 heteroatoms. The zero-order valence-corrected chi connectivity index (χ0v) is 65.4. The number of fused-ring (bicyclic) bond motifs is 1. The van der Waals surface area contributed by atoms with Gasteiger partial charge in [-0.25, -0.2) is 13.4 Å². The predicted octanol–water partition coefficient (Wildman–Crippen LogP) is -4.16. The number of aryl methyl sites for hydroxylation is 3. The molecule has 1 saturated heterocycles. The Morgan fingerprint density at radius 3 is 1.80 bits per heavy atom. The van der Waals surface area contributed by atoms with Gasteiger partial charge in [0.1, 0.15) is 29.7 Å². The Bertz CT molecular complexity index is 3720. The maximum atomic E-state index is 13.7. The molecule has 0 aliphatic carbocycles. The van der Waals surface area contributed by atoms with E-state index in [4.69, 9.17) is 38.1 Å². The first kappa shape index (κ1) is 102. The minimum atomic E-state index is -4.47. The Labute approximate surface area is 639 Å². The molecule has 0 spiro atoms. The lowest BCUT2D eigenvalue weighted by Gasteiger charge is -2.31. The summed E-state index contributed by atoms with van der Waals surface area (Å²) in [7, 11) is -0.837. The number of carbonyl (C=O) groups is 7. The van der Waals surface area contributed by atoms with E-state index in [1.807, 2.05) is 23.9 Å². The van der Waals surface area contributed by atoms with Crippen LogP contribution in [-0.2, 0) is 90.3 Å². The van der Waals surface area contributed by atoms with Gasteiger partial charge < -0.3 is 107 Å². The maximum absolute atomic E-state index is 13.7. The fraction of sp³-hybridized carbons (Fsp3) is 0.591. The van der Waals surface area contributed by atoms with Gasteiger partial charge in [-0.05, 0) is 107 Å². The number of carboxylic acids is 2. The quantitative estimate of drug-likeness (QED) is 0.0148. The molecule has 18 N–H and O–H groups in total. The van der Waals surface area contributed by atoms with E-state index < -0.39 is 71.7 Å². The van der Waals surface area contributed by atoms with Crippen LogP contribution in [0.2, 0.25) is 0 Å². The first-order valence-corrected chi connectivity index (χ1v) is 38.5. The predicted molar refractivity (Wildman–Crippen MR) is 401 cm³/mol. The molecule has 0 radical (unpaired) electrons. The van der Waals surface area contributed by atoms with Crippen LogP contribution in [0.4, 0.5) is 5.95 Å². The van der Waals surface area contributed by atoms with Crippen molar-refractivity contribution in [2.45, 2.75) is 82.3 Å². The van der Waals surface area contributed by atoms with E-state index in [0.29, 0.717) is 141 Å². The Hall–Kier alpha value is -8.44. The second-order valence-electron chi connectivity index (χ2n) is 24.9. The third-order valence-electron chi connectivity index (χ3n) is 16.2. The Kier molecular flexibility index (Phi) is 51.6. The third kappa shape index (κ3) is 41.6. The first-order valence-electron chi connectivity index (χ1n) is 34.4. The van der Waals surface area contributed by atoms with Crippen LogP contribution in [-0.4, -0.2) is 321 Å². The number of aromatic nitrogens is 3. The minimum Gasteiger partial charge on any atom is -0.494 e. The van der Waals surface area contributed by atoms with Crippen LogP contribution < -0.4 is 46.8 Å². The number of amides is 5. The van der Waals surface area contributed by atoms with Crippen LogP contribution in [0.15, 0.2) is 58.6 Å². The van der Waals surface area contributed by atoms with E-state index in [9.17, 15) is 71.3 Å². The summed E-state index contributed by atoms with van der Waals surface area (Å²) in [6, 6.07) is 5.38. The number of nitrogens with zero attached hydrogens (tertiary/aromatic N) is 7. The highest BCUT2D eigenvalue weighted by Crippen LogP contribution is 2.35. The number of ether oxygens (including phenoxy) is 4. The average Bonchev–Trinajstić information content (AvgIpc) is 0.920. The highest BCUT2D eigenvalue weighted by Gasteiger charge is 2.30. The third-order valence-corrected chi connectivity index (χ3v) is 19.2. The van der Waals surface area contributed by atoms with Gasteiger partial charge in [0.25, 0.3) is 5.91 Å². The summed E-state index contributed by atoms with van der Waals surface area (Å²) in [4.78, 5) is 171. The number of hydrogen-bond acceptors (Lipinski definition) is 26. The molecular weight excluding hydrogens is 1510 g/mol. The molecule has 1 fully saturated rings. The lowest BCUT2D eigenvalue weighted by molar-refractivity contribution is -0.193. The summed E-state index contributed by atoms with van der Waals surface area (Å²) in [5.41, 5.74) is 1.05. The smallest absolute Gasteiger partial charge is 0.373 e. The fourth-order valence-electron chi connectivity index (χ4n) is 10.8. The highest BCUT2D eigenvalue weighted by molar-refractivity contribution is 7.89. The zero-order chi connectivity index (χ0) is 79.3.